The summed E-state index contributed by atoms with van der Waals surface area (Å²) in [6.07, 6.45) is 9.81. The number of rotatable bonds is 3. The van der Waals surface area contributed by atoms with Gasteiger partial charge in [0.1, 0.15) is 0 Å². The second kappa shape index (κ2) is 6.11. The van der Waals surface area contributed by atoms with Gasteiger partial charge in [0, 0.05) is 24.2 Å². The first-order valence-corrected chi connectivity index (χ1v) is 8.46. The lowest BCUT2D eigenvalue weighted by Gasteiger charge is -2.48. The lowest BCUT2D eigenvalue weighted by Crippen LogP contribution is -2.56. The summed E-state index contributed by atoms with van der Waals surface area (Å²) in [6, 6.07) is 3.31. The molecule has 0 spiro atoms. The monoisotopic (exact) mass is 265 g/mol. The Morgan fingerprint density at radius 3 is 2.16 bits per heavy atom. The maximum atomic E-state index is 4.00. The third kappa shape index (κ3) is 3.14. The molecule has 3 aliphatic rings. The molecule has 3 heterocycles. The van der Waals surface area contributed by atoms with Gasteiger partial charge in [-0.25, -0.2) is 0 Å². The van der Waals surface area contributed by atoms with Gasteiger partial charge < -0.3 is 15.1 Å². The summed E-state index contributed by atoms with van der Waals surface area (Å²) in [5.74, 6) is 0. The standard InChI is InChI=1S/C16H31N3/c1-3-19-9-7-13(8-10-19)17-14-11-15-5-4-6-16(12-14)18(15)2/h13-17H,3-12H2,1-2H3. The Morgan fingerprint density at radius 2 is 1.58 bits per heavy atom. The molecule has 0 radical (unpaired) electrons. The van der Waals surface area contributed by atoms with Gasteiger partial charge in [0.15, 0.2) is 0 Å². The van der Waals surface area contributed by atoms with Crippen LogP contribution in [-0.4, -0.2) is 60.6 Å². The van der Waals surface area contributed by atoms with E-state index in [9.17, 15) is 0 Å². The molecule has 3 rings (SSSR count). The fourth-order valence-electron chi connectivity index (χ4n) is 4.50. The highest BCUT2D eigenvalue weighted by molar-refractivity contribution is 4.95. The third-order valence-electron chi connectivity index (χ3n) is 5.85. The molecule has 3 aliphatic heterocycles. The van der Waals surface area contributed by atoms with Crippen molar-refractivity contribution in [1.29, 1.82) is 0 Å². The van der Waals surface area contributed by atoms with Gasteiger partial charge >= 0.3 is 0 Å². The van der Waals surface area contributed by atoms with Crippen molar-refractivity contribution in [3.05, 3.63) is 0 Å². The predicted octanol–water partition coefficient (Wildman–Crippen LogP) is 2.08. The van der Waals surface area contributed by atoms with Crippen molar-refractivity contribution in [2.45, 2.75) is 76.0 Å². The van der Waals surface area contributed by atoms with Crippen LogP contribution in [0.15, 0.2) is 0 Å². The first-order valence-electron chi connectivity index (χ1n) is 8.46. The van der Waals surface area contributed by atoms with E-state index < -0.39 is 0 Å². The number of hydrogen-bond donors (Lipinski definition) is 1. The smallest absolute Gasteiger partial charge is 0.0110 e. The molecule has 19 heavy (non-hydrogen) atoms. The van der Waals surface area contributed by atoms with Crippen LogP contribution >= 0.6 is 0 Å². The summed E-state index contributed by atoms with van der Waals surface area (Å²) < 4.78 is 0. The summed E-state index contributed by atoms with van der Waals surface area (Å²) in [4.78, 5) is 5.25. The number of likely N-dealkylation sites (tertiary alicyclic amines) is 1. The molecule has 2 bridgehead atoms. The van der Waals surface area contributed by atoms with Gasteiger partial charge in [0.2, 0.25) is 0 Å². The van der Waals surface area contributed by atoms with Crippen LogP contribution in [0.5, 0.6) is 0 Å². The van der Waals surface area contributed by atoms with Crippen LogP contribution in [0.3, 0.4) is 0 Å². The van der Waals surface area contributed by atoms with E-state index in [1.807, 2.05) is 0 Å². The minimum atomic E-state index is 0.789. The van der Waals surface area contributed by atoms with Crippen molar-refractivity contribution >= 4 is 0 Å². The van der Waals surface area contributed by atoms with Crippen LogP contribution in [0.2, 0.25) is 0 Å². The Morgan fingerprint density at radius 1 is 0.947 bits per heavy atom. The quantitative estimate of drug-likeness (QED) is 0.843. The first-order chi connectivity index (χ1) is 9.26. The zero-order valence-corrected chi connectivity index (χ0v) is 12.8. The van der Waals surface area contributed by atoms with Gasteiger partial charge in [-0.3, -0.25) is 0 Å². The summed E-state index contributed by atoms with van der Waals surface area (Å²) in [6.45, 7) is 6.11. The molecule has 3 fully saturated rings. The SMILES string of the molecule is CCN1CCC(NC2CC3CCCC(C2)N3C)CC1. The molecule has 0 aromatic carbocycles. The van der Waals surface area contributed by atoms with Crippen molar-refractivity contribution in [3.8, 4) is 0 Å². The summed E-state index contributed by atoms with van der Waals surface area (Å²) in [5, 5.41) is 4.00. The van der Waals surface area contributed by atoms with E-state index in [2.05, 4.69) is 29.1 Å². The van der Waals surface area contributed by atoms with Crippen LogP contribution in [0.4, 0.5) is 0 Å². The Balaban J connectivity index is 1.48. The molecule has 3 heteroatoms. The van der Waals surface area contributed by atoms with Crippen molar-refractivity contribution in [3.63, 3.8) is 0 Å². The summed E-state index contributed by atoms with van der Waals surface area (Å²) >= 11 is 0. The van der Waals surface area contributed by atoms with E-state index >= 15 is 0 Å². The fraction of sp³-hybridized carbons (Fsp3) is 1.00. The number of hydrogen-bond acceptors (Lipinski definition) is 3. The summed E-state index contributed by atoms with van der Waals surface area (Å²) in [5.41, 5.74) is 0. The highest BCUT2D eigenvalue weighted by Gasteiger charge is 2.36. The molecule has 0 amide bonds. The maximum absolute atomic E-state index is 4.00. The second-order valence-electron chi connectivity index (χ2n) is 6.95. The Kier molecular flexibility index (Phi) is 4.45. The minimum Gasteiger partial charge on any atom is -0.311 e. The van der Waals surface area contributed by atoms with Crippen molar-refractivity contribution < 1.29 is 0 Å². The molecule has 3 nitrogen and oxygen atoms in total. The highest BCUT2D eigenvalue weighted by Crippen LogP contribution is 2.33. The fourth-order valence-corrected chi connectivity index (χ4v) is 4.50. The lowest BCUT2D eigenvalue weighted by atomic mass is 9.82. The van der Waals surface area contributed by atoms with Crippen LogP contribution in [0, 0.1) is 0 Å². The lowest BCUT2D eigenvalue weighted by molar-refractivity contribution is 0.0429. The minimum absolute atomic E-state index is 0.789. The number of nitrogens with zero attached hydrogens (tertiary/aromatic N) is 2. The Labute approximate surface area is 118 Å². The van der Waals surface area contributed by atoms with Crippen LogP contribution in [-0.2, 0) is 0 Å². The Hall–Kier alpha value is -0.120. The van der Waals surface area contributed by atoms with Crippen LogP contribution in [0.25, 0.3) is 0 Å². The molecular formula is C16H31N3. The van der Waals surface area contributed by atoms with Crippen molar-refractivity contribution in [1.82, 2.24) is 15.1 Å². The normalized spacial score (nSPS) is 38.5. The van der Waals surface area contributed by atoms with Gasteiger partial charge in [-0.2, -0.15) is 0 Å². The topological polar surface area (TPSA) is 18.5 Å². The predicted molar refractivity (Wildman–Crippen MR) is 80.5 cm³/mol. The second-order valence-corrected chi connectivity index (χ2v) is 6.95. The zero-order valence-electron chi connectivity index (χ0n) is 12.8. The number of nitrogens with one attached hydrogen (secondary N) is 1. The third-order valence-corrected chi connectivity index (χ3v) is 5.85. The largest absolute Gasteiger partial charge is 0.311 e. The van der Waals surface area contributed by atoms with Crippen molar-refractivity contribution in [2.75, 3.05) is 26.7 Å². The highest BCUT2D eigenvalue weighted by atomic mass is 15.2. The van der Waals surface area contributed by atoms with Crippen LogP contribution < -0.4 is 5.32 Å². The molecule has 0 aromatic rings. The summed E-state index contributed by atoms with van der Waals surface area (Å²) in [7, 11) is 2.35. The van der Waals surface area contributed by atoms with E-state index in [0.717, 1.165) is 24.2 Å². The number of piperidine rings is 3. The molecule has 0 aromatic heterocycles. The average molecular weight is 265 g/mol. The molecular weight excluding hydrogens is 234 g/mol. The molecule has 0 saturated carbocycles. The van der Waals surface area contributed by atoms with Gasteiger partial charge in [-0.1, -0.05) is 13.3 Å². The van der Waals surface area contributed by atoms with Gasteiger partial charge in [0.25, 0.3) is 0 Å². The van der Waals surface area contributed by atoms with Gasteiger partial charge in [0.05, 0.1) is 0 Å². The van der Waals surface area contributed by atoms with Gasteiger partial charge in [-0.15, -0.1) is 0 Å². The molecule has 2 atom stereocenters. The van der Waals surface area contributed by atoms with Crippen LogP contribution in [0.1, 0.15) is 51.9 Å². The molecule has 3 saturated heterocycles. The van der Waals surface area contributed by atoms with E-state index in [1.165, 1.54) is 64.6 Å². The Bertz CT molecular complexity index is 272. The van der Waals surface area contributed by atoms with E-state index in [0.29, 0.717) is 0 Å². The number of fused-ring (bicyclic) bond motifs is 2. The average Bonchev–Trinajstić information content (AvgIpc) is 2.41. The zero-order chi connectivity index (χ0) is 13.2. The van der Waals surface area contributed by atoms with Gasteiger partial charge in [-0.05, 0) is 65.2 Å². The molecule has 110 valence electrons. The maximum Gasteiger partial charge on any atom is 0.0110 e. The van der Waals surface area contributed by atoms with E-state index in [1.54, 1.807) is 0 Å². The van der Waals surface area contributed by atoms with Crippen molar-refractivity contribution in [2.24, 2.45) is 0 Å². The first kappa shape index (κ1) is 13.8. The molecule has 2 unspecified atom stereocenters. The molecule has 1 N–H and O–H groups in total. The van der Waals surface area contributed by atoms with E-state index in [-0.39, 0.29) is 0 Å². The molecule has 0 aliphatic carbocycles. The van der Waals surface area contributed by atoms with E-state index in [4.69, 9.17) is 0 Å².